The van der Waals surface area contributed by atoms with E-state index < -0.39 is 13.6 Å². The standard InChI is InChI=1S/C2H2AsCl2O/c4-2-1-3(5)6/h1-2H/b2-1+. The molecule has 0 aromatic carbocycles. The Morgan fingerprint density at radius 3 is 2.17 bits per heavy atom. The van der Waals surface area contributed by atoms with Crippen LogP contribution in [-0.2, 0) is 3.74 Å². The molecule has 0 aromatic rings. The van der Waals surface area contributed by atoms with E-state index in [0.717, 1.165) is 0 Å². The summed E-state index contributed by atoms with van der Waals surface area (Å²) in [5.74, 6) is 0. The SMILES string of the molecule is O=[As](Cl)/C=C/Cl. The van der Waals surface area contributed by atoms with E-state index in [9.17, 15) is 3.74 Å². The van der Waals surface area contributed by atoms with Crippen LogP contribution in [0, 0.1) is 0 Å². The fourth-order valence-electron chi connectivity index (χ4n) is 0.0443. The molecular weight excluding hydrogens is 186 g/mol. The van der Waals surface area contributed by atoms with Gasteiger partial charge in [0.1, 0.15) is 0 Å². The van der Waals surface area contributed by atoms with Gasteiger partial charge in [-0.2, -0.15) is 0 Å². The third-order valence-electron chi connectivity index (χ3n) is 0.174. The van der Waals surface area contributed by atoms with Crippen LogP contribution in [0.5, 0.6) is 0 Å². The molecule has 35 valence electrons. The molecule has 1 unspecified atom stereocenters. The van der Waals surface area contributed by atoms with Gasteiger partial charge in [0, 0.05) is 0 Å². The van der Waals surface area contributed by atoms with E-state index >= 15 is 0 Å². The van der Waals surface area contributed by atoms with Gasteiger partial charge < -0.3 is 0 Å². The fourth-order valence-corrected chi connectivity index (χ4v) is 1.35. The zero-order valence-corrected chi connectivity index (χ0v) is 6.15. The zero-order valence-electron chi connectivity index (χ0n) is 2.77. The average Bonchev–Trinajstić information content (AvgIpc) is 1.35. The molecule has 4 heteroatoms. The van der Waals surface area contributed by atoms with Crippen molar-refractivity contribution in [3.05, 3.63) is 10.4 Å². The Bertz CT molecular complexity index is 79.6. The predicted octanol–water partition coefficient (Wildman–Crippen LogP) is 1.44. The fraction of sp³-hybridized carbons (Fsp3) is 0. The van der Waals surface area contributed by atoms with Gasteiger partial charge in [-0.05, 0) is 0 Å². The number of halogens is 2. The van der Waals surface area contributed by atoms with Gasteiger partial charge in [-0.25, -0.2) is 0 Å². The molecule has 0 bridgehead atoms. The summed E-state index contributed by atoms with van der Waals surface area (Å²) in [5.41, 5.74) is 1.17. The Morgan fingerprint density at radius 2 is 2.17 bits per heavy atom. The molecule has 1 radical (unpaired) electrons. The molecule has 1 nitrogen and oxygen atoms in total. The first-order valence-electron chi connectivity index (χ1n) is 1.16. The Morgan fingerprint density at radius 1 is 1.67 bits per heavy atom. The minimum atomic E-state index is -2.31. The number of hydrogen-bond acceptors (Lipinski definition) is 1. The van der Waals surface area contributed by atoms with Gasteiger partial charge in [-0.15, -0.1) is 0 Å². The maximum absolute atomic E-state index is 9.87. The Balaban J connectivity index is 3.30. The summed E-state index contributed by atoms with van der Waals surface area (Å²) in [6.45, 7) is 0. The third-order valence-corrected chi connectivity index (χ3v) is 2.07. The Hall–Kier alpha value is 0.678. The van der Waals surface area contributed by atoms with Crippen LogP contribution in [0.25, 0.3) is 0 Å². The van der Waals surface area contributed by atoms with Crippen LogP contribution in [0.2, 0.25) is 0 Å². The maximum atomic E-state index is 9.87. The molecule has 0 N–H and O–H groups in total. The van der Waals surface area contributed by atoms with Gasteiger partial charge in [0.05, 0.1) is 0 Å². The first-order valence-corrected chi connectivity index (χ1v) is 5.91. The summed E-state index contributed by atoms with van der Waals surface area (Å²) in [4.78, 5) is 1.29. The number of hydrogen-bond donors (Lipinski definition) is 0. The van der Waals surface area contributed by atoms with E-state index in [4.69, 9.17) is 21.6 Å². The topological polar surface area (TPSA) is 17.1 Å². The van der Waals surface area contributed by atoms with Crippen molar-refractivity contribution in [1.29, 1.82) is 0 Å². The van der Waals surface area contributed by atoms with E-state index in [2.05, 4.69) is 0 Å². The molecule has 1 atom stereocenters. The molecule has 0 aliphatic rings. The van der Waals surface area contributed by atoms with Crippen LogP contribution in [0.3, 0.4) is 0 Å². The van der Waals surface area contributed by atoms with E-state index in [1.54, 1.807) is 0 Å². The van der Waals surface area contributed by atoms with Crippen molar-refractivity contribution in [1.82, 2.24) is 0 Å². The Labute approximate surface area is 49.6 Å². The molecular formula is C2H2AsCl2O. The molecule has 0 aromatic heterocycles. The molecule has 0 spiro atoms. The summed E-state index contributed by atoms with van der Waals surface area (Å²) in [6, 6.07) is 0. The normalized spacial score (nSPS) is 12.7. The van der Waals surface area contributed by atoms with Gasteiger partial charge in [-0.3, -0.25) is 0 Å². The first kappa shape index (κ1) is 6.68. The van der Waals surface area contributed by atoms with Crippen LogP contribution >= 0.6 is 21.6 Å². The summed E-state index contributed by atoms with van der Waals surface area (Å²) < 4.78 is 9.87. The molecule has 0 aliphatic heterocycles. The second-order valence-corrected chi connectivity index (χ2v) is 4.30. The number of rotatable bonds is 1. The van der Waals surface area contributed by atoms with Crippen LogP contribution in [0.4, 0.5) is 0 Å². The van der Waals surface area contributed by atoms with Crippen LogP contribution in [0.1, 0.15) is 0 Å². The molecule has 0 saturated heterocycles. The van der Waals surface area contributed by atoms with Crippen LogP contribution in [0.15, 0.2) is 10.4 Å². The summed E-state index contributed by atoms with van der Waals surface area (Å²) in [6.07, 6.45) is 0. The van der Waals surface area contributed by atoms with Crippen molar-refractivity contribution in [3.63, 3.8) is 0 Å². The monoisotopic (exact) mass is 187 g/mol. The Kier molecular flexibility index (Phi) is 4.29. The second kappa shape index (κ2) is 3.85. The van der Waals surface area contributed by atoms with Crippen molar-refractivity contribution < 1.29 is 3.74 Å². The van der Waals surface area contributed by atoms with Gasteiger partial charge >= 0.3 is 49.3 Å². The third kappa shape index (κ3) is 4.68. The predicted molar refractivity (Wildman–Crippen MR) is 27.3 cm³/mol. The van der Waals surface area contributed by atoms with Gasteiger partial charge in [-0.1, -0.05) is 0 Å². The van der Waals surface area contributed by atoms with E-state index in [0.29, 0.717) is 0 Å². The van der Waals surface area contributed by atoms with Crippen molar-refractivity contribution in [2.75, 3.05) is 0 Å². The summed E-state index contributed by atoms with van der Waals surface area (Å²) in [5, 5.41) is 0. The van der Waals surface area contributed by atoms with Gasteiger partial charge in [0.15, 0.2) is 0 Å². The van der Waals surface area contributed by atoms with Crippen LogP contribution in [-0.4, -0.2) is 13.6 Å². The molecule has 0 aliphatic carbocycles. The average molecular weight is 188 g/mol. The van der Waals surface area contributed by atoms with E-state index in [-0.39, 0.29) is 0 Å². The quantitative estimate of drug-likeness (QED) is 0.568. The van der Waals surface area contributed by atoms with Gasteiger partial charge in [0.25, 0.3) is 0 Å². The molecule has 0 amide bonds. The first-order chi connectivity index (χ1) is 2.77. The van der Waals surface area contributed by atoms with Crippen molar-refractivity contribution in [3.8, 4) is 0 Å². The molecule has 6 heavy (non-hydrogen) atoms. The summed E-state index contributed by atoms with van der Waals surface area (Å²) >= 11 is 2.65. The molecule has 0 heterocycles. The molecule has 0 rings (SSSR count). The molecule has 0 saturated carbocycles. The van der Waals surface area contributed by atoms with Crippen LogP contribution < -0.4 is 0 Å². The second-order valence-electron chi connectivity index (χ2n) is 0.547. The zero-order chi connectivity index (χ0) is 4.99. The van der Waals surface area contributed by atoms with Crippen molar-refractivity contribution in [2.24, 2.45) is 0 Å². The summed E-state index contributed by atoms with van der Waals surface area (Å²) in [7, 11) is 5.00. The van der Waals surface area contributed by atoms with E-state index in [1.165, 1.54) is 10.4 Å². The van der Waals surface area contributed by atoms with Crippen molar-refractivity contribution in [2.45, 2.75) is 0 Å². The van der Waals surface area contributed by atoms with Gasteiger partial charge in [0.2, 0.25) is 0 Å². The van der Waals surface area contributed by atoms with E-state index in [1.807, 2.05) is 0 Å². The molecule has 0 fully saturated rings. The van der Waals surface area contributed by atoms with Crippen molar-refractivity contribution >= 4 is 35.2 Å². The minimum absolute atomic E-state index is 1.17.